The van der Waals surface area contributed by atoms with E-state index in [1.165, 1.54) is 7.11 Å². The number of hydrogen-bond donors (Lipinski definition) is 1. The van der Waals surface area contributed by atoms with Crippen molar-refractivity contribution in [1.29, 1.82) is 0 Å². The predicted molar refractivity (Wildman–Crippen MR) is 84.9 cm³/mol. The molecule has 1 aromatic rings. The predicted octanol–water partition coefficient (Wildman–Crippen LogP) is 1.93. The molecule has 1 aliphatic rings. The van der Waals surface area contributed by atoms with Gasteiger partial charge in [0.1, 0.15) is 0 Å². The minimum absolute atomic E-state index is 0.0432. The van der Waals surface area contributed by atoms with Crippen molar-refractivity contribution in [3.8, 4) is 0 Å². The quantitative estimate of drug-likeness (QED) is 0.872. The maximum atomic E-state index is 12.4. The molecule has 0 unspecified atom stereocenters. The third-order valence-corrected chi connectivity index (χ3v) is 5.78. The van der Waals surface area contributed by atoms with Gasteiger partial charge in [-0.25, -0.2) is 8.42 Å². The number of hydrogen-bond acceptors (Lipinski definition) is 4. The number of piperidine rings is 1. The molecule has 0 bridgehead atoms. The van der Waals surface area contributed by atoms with Gasteiger partial charge in [0, 0.05) is 31.9 Å². The summed E-state index contributed by atoms with van der Waals surface area (Å²) in [5, 5.41) is 3.41. The number of benzene rings is 1. The zero-order valence-electron chi connectivity index (χ0n) is 12.7. The van der Waals surface area contributed by atoms with E-state index in [1.807, 2.05) is 30.3 Å². The van der Waals surface area contributed by atoms with Gasteiger partial charge < -0.3 is 10.1 Å². The molecule has 1 saturated heterocycles. The molecule has 118 valence electrons. The van der Waals surface area contributed by atoms with Crippen molar-refractivity contribution in [3.05, 3.63) is 30.3 Å². The highest BCUT2D eigenvalue weighted by molar-refractivity contribution is 7.89. The van der Waals surface area contributed by atoms with Gasteiger partial charge in [0.05, 0.1) is 11.9 Å². The number of sulfonamides is 1. The van der Waals surface area contributed by atoms with Gasteiger partial charge in [-0.2, -0.15) is 4.31 Å². The first-order valence-corrected chi connectivity index (χ1v) is 8.94. The van der Waals surface area contributed by atoms with Gasteiger partial charge in [0.25, 0.3) is 0 Å². The Kier molecular flexibility index (Phi) is 5.61. The molecule has 21 heavy (non-hydrogen) atoms. The summed E-state index contributed by atoms with van der Waals surface area (Å²) in [6.45, 7) is 2.90. The molecule has 1 aliphatic heterocycles. The van der Waals surface area contributed by atoms with Crippen molar-refractivity contribution in [2.45, 2.75) is 31.9 Å². The molecular weight excluding hydrogens is 288 g/mol. The lowest BCUT2D eigenvalue weighted by molar-refractivity contribution is 0.134. The third kappa shape index (κ3) is 4.69. The fourth-order valence-electron chi connectivity index (χ4n) is 2.55. The van der Waals surface area contributed by atoms with Crippen molar-refractivity contribution >= 4 is 15.7 Å². The smallest absolute Gasteiger partial charge is 0.216 e. The first-order valence-electron chi connectivity index (χ1n) is 7.33. The summed E-state index contributed by atoms with van der Waals surface area (Å²) < 4.78 is 31.4. The van der Waals surface area contributed by atoms with E-state index in [4.69, 9.17) is 4.74 Å². The van der Waals surface area contributed by atoms with E-state index < -0.39 is 10.0 Å². The van der Waals surface area contributed by atoms with Gasteiger partial charge in [-0.15, -0.1) is 0 Å². The summed E-state index contributed by atoms with van der Waals surface area (Å²) in [5.74, 6) is 0.0432. The van der Waals surface area contributed by atoms with E-state index >= 15 is 0 Å². The minimum Gasteiger partial charge on any atom is -0.381 e. The third-order valence-electron chi connectivity index (χ3n) is 3.77. The fraction of sp³-hybridized carbons (Fsp3) is 0.600. The topological polar surface area (TPSA) is 58.6 Å². The van der Waals surface area contributed by atoms with E-state index in [2.05, 4.69) is 5.32 Å². The summed E-state index contributed by atoms with van der Waals surface area (Å²) in [5.41, 5.74) is 1.03. The number of para-hydroxylation sites is 1. The van der Waals surface area contributed by atoms with Crippen LogP contribution < -0.4 is 5.32 Å². The van der Waals surface area contributed by atoms with Crippen LogP contribution in [0.2, 0.25) is 0 Å². The average molecular weight is 312 g/mol. The Morgan fingerprint density at radius 2 is 2.10 bits per heavy atom. The van der Waals surface area contributed by atoms with Crippen LogP contribution in [0.25, 0.3) is 0 Å². The normalized spacial score (nSPS) is 21.9. The van der Waals surface area contributed by atoms with Crippen LogP contribution in [0.3, 0.4) is 0 Å². The molecule has 0 radical (unpaired) electrons. The van der Waals surface area contributed by atoms with Crippen LogP contribution in [-0.4, -0.2) is 50.8 Å². The van der Waals surface area contributed by atoms with Crippen LogP contribution in [0.5, 0.6) is 0 Å². The van der Waals surface area contributed by atoms with Crippen LogP contribution in [0.1, 0.15) is 19.8 Å². The van der Waals surface area contributed by atoms with Crippen LogP contribution in [-0.2, 0) is 14.8 Å². The average Bonchev–Trinajstić information content (AvgIpc) is 2.48. The Labute approximate surface area is 127 Å². The Hall–Kier alpha value is -1.11. The second-order valence-corrected chi connectivity index (χ2v) is 7.55. The SMILES string of the molecule is CO[C@H](C)CS(=O)(=O)N1CCC[C@@H](Nc2ccccc2)C1. The molecule has 0 amide bonds. The molecule has 1 fully saturated rings. The molecule has 0 aromatic heterocycles. The van der Waals surface area contributed by atoms with Gasteiger partial charge in [-0.1, -0.05) is 18.2 Å². The first kappa shape index (κ1) is 16.3. The molecule has 0 saturated carbocycles. The number of anilines is 1. The van der Waals surface area contributed by atoms with Crippen molar-refractivity contribution in [2.75, 3.05) is 31.3 Å². The molecule has 2 atom stereocenters. The minimum atomic E-state index is -3.25. The highest BCUT2D eigenvalue weighted by Gasteiger charge is 2.30. The molecule has 0 aliphatic carbocycles. The van der Waals surface area contributed by atoms with E-state index in [1.54, 1.807) is 11.2 Å². The van der Waals surface area contributed by atoms with Gasteiger partial charge >= 0.3 is 0 Å². The number of methoxy groups -OCH3 is 1. The lowest BCUT2D eigenvalue weighted by atomic mass is 10.1. The van der Waals surface area contributed by atoms with Gasteiger partial charge in [0.2, 0.25) is 10.0 Å². The van der Waals surface area contributed by atoms with E-state index in [9.17, 15) is 8.42 Å². The number of nitrogens with zero attached hydrogens (tertiary/aromatic N) is 1. The van der Waals surface area contributed by atoms with Crippen LogP contribution >= 0.6 is 0 Å². The van der Waals surface area contributed by atoms with E-state index in [-0.39, 0.29) is 17.9 Å². The van der Waals surface area contributed by atoms with Gasteiger partial charge in [-0.05, 0) is 31.9 Å². The second-order valence-electron chi connectivity index (χ2n) is 5.53. The monoisotopic (exact) mass is 312 g/mol. The van der Waals surface area contributed by atoms with E-state index in [0.29, 0.717) is 13.1 Å². The Morgan fingerprint density at radius 3 is 2.76 bits per heavy atom. The lowest BCUT2D eigenvalue weighted by Gasteiger charge is -2.33. The first-order chi connectivity index (χ1) is 10.0. The summed E-state index contributed by atoms with van der Waals surface area (Å²) in [4.78, 5) is 0. The maximum Gasteiger partial charge on any atom is 0.216 e. The maximum absolute atomic E-state index is 12.4. The summed E-state index contributed by atoms with van der Waals surface area (Å²) >= 11 is 0. The van der Waals surface area contributed by atoms with Crippen molar-refractivity contribution < 1.29 is 13.2 Å². The summed E-state index contributed by atoms with van der Waals surface area (Å²) in [6, 6.07) is 10.1. The molecule has 2 rings (SSSR count). The molecule has 0 spiro atoms. The van der Waals surface area contributed by atoms with Crippen LogP contribution in [0.4, 0.5) is 5.69 Å². The molecule has 5 nitrogen and oxygen atoms in total. The summed E-state index contributed by atoms with van der Waals surface area (Å²) in [7, 11) is -1.71. The highest BCUT2D eigenvalue weighted by Crippen LogP contribution is 2.19. The Balaban J connectivity index is 1.97. The largest absolute Gasteiger partial charge is 0.381 e. The fourth-order valence-corrected chi connectivity index (χ4v) is 4.31. The zero-order chi connectivity index (χ0) is 15.3. The number of nitrogens with one attached hydrogen (secondary N) is 1. The van der Waals surface area contributed by atoms with Crippen molar-refractivity contribution in [1.82, 2.24) is 4.31 Å². The highest BCUT2D eigenvalue weighted by atomic mass is 32.2. The van der Waals surface area contributed by atoms with Crippen LogP contribution in [0.15, 0.2) is 30.3 Å². The van der Waals surface area contributed by atoms with Crippen molar-refractivity contribution in [3.63, 3.8) is 0 Å². The molecular formula is C15H24N2O3S. The molecule has 1 heterocycles. The van der Waals surface area contributed by atoms with Crippen LogP contribution in [0, 0.1) is 0 Å². The molecule has 1 N–H and O–H groups in total. The molecule has 6 heteroatoms. The molecule has 1 aromatic carbocycles. The second kappa shape index (κ2) is 7.24. The Morgan fingerprint density at radius 1 is 1.38 bits per heavy atom. The zero-order valence-corrected chi connectivity index (χ0v) is 13.5. The van der Waals surface area contributed by atoms with E-state index in [0.717, 1.165) is 18.5 Å². The summed E-state index contributed by atoms with van der Waals surface area (Å²) in [6.07, 6.45) is 1.59. The Bertz CT molecular complexity index is 533. The lowest BCUT2D eigenvalue weighted by Crippen LogP contribution is -2.47. The van der Waals surface area contributed by atoms with Crippen molar-refractivity contribution in [2.24, 2.45) is 0 Å². The van der Waals surface area contributed by atoms with Gasteiger partial charge in [-0.3, -0.25) is 0 Å². The number of rotatable bonds is 6. The standard InChI is InChI=1S/C15H24N2O3S/c1-13(20-2)12-21(18,19)17-10-6-9-15(11-17)16-14-7-4-3-5-8-14/h3-5,7-8,13,15-16H,6,9-12H2,1-2H3/t13-,15-/m1/s1. The van der Waals surface area contributed by atoms with Gasteiger partial charge in [0.15, 0.2) is 0 Å². The number of ether oxygens (including phenoxy) is 1.